The lowest BCUT2D eigenvalue weighted by molar-refractivity contribution is -0.118. The van der Waals surface area contributed by atoms with Crippen LogP contribution in [0.25, 0.3) is 6.08 Å². The molecule has 1 aromatic rings. The standard InChI is InChI=1S/C24H30BrN2O5P/c1-27-10-8-24-16-6-7-19(32-33(2,3)30)23(24)31-22-18(28)11-14(5-4-9-26-20(29)13-25)15(21(22)24)12-17(16)27/h4-7,11,16-17,19,23,28H,8-10,12-13H2,1-3H3,(H,26,29)/b5-4+/t16?,17-,19+,23+,24+/m1/s1. The van der Waals surface area contributed by atoms with Crippen molar-refractivity contribution < 1.29 is 23.7 Å². The molecule has 4 aliphatic rings. The first-order valence-corrected chi connectivity index (χ1v) is 15.0. The molecule has 0 radical (unpaired) electrons. The number of amides is 1. The van der Waals surface area contributed by atoms with Crippen LogP contribution in [0.5, 0.6) is 11.5 Å². The summed E-state index contributed by atoms with van der Waals surface area (Å²) in [5.41, 5.74) is 2.91. The highest BCUT2D eigenvalue weighted by Crippen LogP contribution is 2.64. The zero-order chi connectivity index (χ0) is 23.5. The van der Waals surface area contributed by atoms with Crippen molar-refractivity contribution in [1.82, 2.24) is 10.2 Å². The summed E-state index contributed by atoms with van der Waals surface area (Å²) < 4.78 is 25.1. The van der Waals surface area contributed by atoms with Gasteiger partial charge in [0.1, 0.15) is 12.2 Å². The van der Waals surface area contributed by atoms with Crippen LogP contribution in [0.4, 0.5) is 0 Å². The minimum Gasteiger partial charge on any atom is -0.504 e. The molecule has 0 saturated carbocycles. The summed E-state index contributed by atoms with van der Waals surface area (Å²) in [7, 11) is -0.577. The normalized spacial score (nSPS) is 32.0. The topological polar surface area (TPSA) is 88.1 Å². The molecule has 1 amide bonds. The quantitative estimate of drug-likeness (QED) is 0.329. The fraction of sp³-hybridized carbons (Fsp3) is 0.542. The van der Waals surface area contributed by atoms with Crippen molar-refractivity contribution >= 4 is 35.3 Å². The highest BCUT2D eigenvalue weighted by Gasteiger charge is 2.65. The number of aromatic hydroxyl groups is 1. The number of nitrogens with zero attached hydrogens (tertiary/aromatic N) is 1. The molecule has 5 rings (SSSR count). The Morgan fingerprint density at radius 2 is 2.24 bits per heavy atom. The Labute approximate surface area is 202 Å². The second-order valence-electron chi connectivity index (χ2n) is 9.82. The average Bonchev–Trinajstić information content (AvgIpc) is 3.11. The molecule has 2 heterocycles. The number of rotatable bonds is 6. The number of alkyl halides is 1. The molecule has 1 aromatic carbocycles. The molecule has 1 saturated heterocycles. The van der Waals surface area contributed by atoms with Crippen LogP contribution in [0.1, 0.15) is 23.1 Å². The van der Waals surface area contributed by atoms with Crippen molar-refractivity contribution in [3.8, 4) is 11.5 Å². The van der Waals surface area contributed by atoms with Crippen molar-refractivity contribution in [2.45, 2.75) is 36.5 Å². The maximum atomic E-state index is 12.6. The summed E-state index contributed by atoms with van der Waals surface area (Å²) in [6.07, 6.45) is 9.11. The maximum Gasteiger partial charge on any atom is 0.230 e. The van der Waals surface area contributed by atoms with Gasteiger partial charge in [-0.15, -0.1) is 0 Å². The van der Waals surface area contributed by atoms with E-state index in [2.05, 4.69) is 39.3 Å². The van der Waals surface area contributed by atoms with Crippen LogP contribution in [0, 0.1) is 5.92 Å². The molecule has 2 N–H and O–H groups in total. The number of carbonyl (C=O) groups excluding carboxylic acids is 1. The van der Waals surface area contributed by atoms with Crippen LogP contribution in [0.3, 0.4) is 0 Å². The number of likely N-dealkylation sites (tertiary alicyclic amines) is 1. The van der Waals surface area contributed by atoms with Gasteiger partial charge in [0, 0.05) is 42.8 Å². The van der Waals surface area contributed by atoms with Gasteiger partial charge in [-0.05, 0) is 43.6 Å². The number of phenolic OH excluding ortho intramolecular Hbond substituents is 1. The summed E-state index contributed by atoms with van der Waals surface area (Å²) in [5.74, 6) is 0.829. The van der Waals surface area contributed by atoms with Crippen molar-refractivity contribution in [3.05, 3.63) is 41.0 Å². The Hall–Kier alpha value is -1.60. The van der Waals surface area contributed by atoms with Gasteiger partial charge in [-0.25, -0.2) is 0 Å². The molecule has 1 unspecified atom stereocenters. The number of carbonyl (C=O) groups is 1. The van der Waals surface area contributed by atoms with E-state index in [1.165, 1.54) is 5.56 Å². The van der Waals surface area contributed by atoms with Gasteiger partial charge >= 0.3 is 0 Å². The molecule has 178 valence electrons. The van der Waals surface area contributed by atoms with Gasteiger partial charge in [-0.2, -0.15) is 0 Å². The van der Waals surface area contributed by atoms with Gasteiger partial charge in [-0.1, -0.05) is 40.2 Å². The highest BCUT2D eigenvalue weighted by molar-refractivity contribution is 9.09. The number of halogens is 1. The minimum atomic E-state index is -2.75. The summed E-state index contributed by atoms with van der Waals surface area (Å²) >= 11 is 3.15. The smallest absolute Gasteiger partial charge is 0.230 e. The molecular weight excluding hydrogens is 507 g/mol. The third-order valence-corrected chi connectivity index (χ3v) is 8.77. The lowest BCUT2D eigenvalue weighted by Crippen LogP contribution is -2.65. The van der Waals surface area contributed by atoms with E-state index in [0.29, 0.717) is 18.3 Å². The number of piperidine rings is 1. The molecule has 1 spiro atoms. The molecule has 33 heavy (non-hydrogen) atoms. The SMILES string of the molecule is CN1CC[C@]23c4c5c(/C=C/CNC(=O)CBr)cc(O)c4O[C@H]2[C@@H](OP(C)(C)=O)C=CC3[C@H]1C5. The Balaban J connectivity index is 1.60. The van der Waals surface area contributed by atoms with E-state index in [0.717, 1.165) is 30.5 Å². The van der Waals surface area contributed by atoms with Crippen LogP contribution in [-0.4, -0.2) is 73.0 Å². The van der Waals surface area contributed by atoms with E-state index in [1.54, 1.807) is 19.4 Å². The predicted octanol–water partition coefficient (Wildman–Crippen LogP) is 3.28. The van der Waals surface area contributed by atoms with E-state index in [1.807, 2.05) is 18.2 Å². The van der Waals surface area contributed by atoms with Crippen molar-refractivity contribution in [2.24, 2.45) is 5.92 Å². The molecule has 9 heteroatoms. The van der Waals surface area contributed by atoms with Crippen molar-refractivity contribution in [3.63, 3.8) is 0 Å². The lowest BCUT2D eigenvalue weighted by Gasteiger charge is -2.57. The number of likely N-dealkylation sites (N-methyl/N-ethyl adjacent to an activating group) is 1. The zero-order valence-electron chi connectivity index (χ0n) is 19.1. The first kappa shape index (κ1) is 23.2. The van der Waals surface area contributed by atoms with E-state index < -0.39 is 13.5 Å². The monoisotopic (exact) mass is 536 g/mol. The maximum absolute atomic E-state index is 12.6. The summed E-state index contributed by atoms with van der Waals surface area (Å²) in [6, 6.07) is 2.06. The van der Waals surface area contributed by atoms with Crippen LogP contribution in [0.15, 0.2) is 24.3 Å². The Kier molecular flexibility index (Phi) is 5.80. The molecular formula is C24H30BrN2O5P. The van der Waals surface area contributed by atoms with Gasteiger partial charge in [0.2, 0.25) is 5.91 Å². The summed E-state index contributed by atoms with van der Waals surface area (Å²) in [4.78, 5) is 13.9. The summed E-state index contributed by atoms with van der Waals surface area (Å²) in [6.45, 7) is 4.60. The molecule has 0 aromatic heterocycles. The lowest BCUT2D eigenvalue weighted by atomic mass is 9.53. The predicted molar refractivity (Wildman–Crippen MR) is 132 cm³/mol. The van der Waals surface area contributed by atoms with Gasteiger partial charge in [-0.3, -0.25) is 9.36 Å². The largest absolute Gasteiger partial charge is 0.504 e. The van der Waals surface area contributed by atoms with Gasteiger partial charge in [0.05, 0.1) is 5.33 Å². The van der Waals surface area contributed by atoms with Crippen LogP contribution in [-0.2, 0) is 25.7 Å². The van der Waals surface area contributed by atoms with Gasteiger partial charge < -0.3 is 24.6 Å². The van der Waals surface area contributed by atoms with Gasteiger partial charge in [0.15, 0.2) is 18.9 Å². The van der Waals surface area contributed by atoms with Crippen LogP contribution in [0.2, 0.25) is 0 Å². The fourth-order valence-electron chi connectivity index (χ4n) is 6.27. The number of nitrogens with one attached hydrogen (secondary N) is 1. The van der Waals surface area contributed by atoms with E-state index >= 15 is 0 Å². The number of hydrogen-bond acceptors (Lipinski definition) is 6. The number of phenols is 1. The van der Waals surface area contributed by atoms with E-state index in [-0.39, 0.29) is 34.4 Å². The molecule has 5 atom stereocenters. The summed E-state index contributed by atoms with van der Waals surface area (Å²) in [5, 5.41) is 14.1. The minimum absolute atomic E-state index is 0.0731. The van der Waals surface area contributed by atoms with Gasteiger partial charge in [0.25, 0.3) is 0 Å². The molecule has 7 nitrogen and oxygen atoms in total. The third-order valence-electron chi connectivity index (χ3n) is 7.51. The Morgan fingerprint density at radius 1 is 1.45 bits per heavy atom. The van der Waals surface area contributed by atoms with E-state index in [4.69, 9.17) is 9.26 Å². The van der Waals surface area contributed by atoms with Crippen molar-refractivity contribution in [1.29, 1.82) is 0 Å². The number of benzene rings is 1. The van der Waals surface area contributed by atoms with Crippen molar-refractivity contribution in [2.75, 3.05) is 38.8 Å². The molecule has 1 fully saturated rings. The second kappa shape index (κ2) is 8.26. The van der Waals surface area contributed by atoms with E-state index in [9.17, 15) is 14.5 Å². The molecule has 2 aliphatic carbocycles. The first-order valence-electron chi connectivity index (χ1n) is 11.3. The number of hydrogen-bond donors (Lipinski definition) is 2. The zero-order valence-corrected chi connectivity index (χ0v) is 21.6. The fourth-order valence-corrected chi connectivity index (χ4v) is 7.24. The molecule has 2 aliphatic heterocycles. The first-order chi connectivity index (χ1) is 15.7. The Bertz CT molecular complexity index is 1100. The van der Waals surface area contributed by atoms with Crippen LogP contribution >= 0.6 is 23.3 Å². The third kappa shape index (κ3) is 3.70. The average molecular weight is 537 g/mol. The Morgan fingerprint density at radius 3 is 2.97 bits per heavy atom. The van der Waals surface area contributed by atoms with Crippen LogP contribution < -0.4 is 10.1 Å². The number of ether oxygens (including phenoxy) is 1. The highest BCUT2D eigenvalue weighted by atomic mass is 79.9. The second-order valence-corrected chi connectivity index (χ2v) is 13.1. The molecule has 2 bridgehead atoms.